The lowest BCUT2D eigenvalue weighted by molar-refractivity contribution is -0.211. The number of para-hydroxylation sites is 1. The summed E-state index contributed by atoms with van der Waals surface area (Å²) in [7, 11) is -1.83. The maximum absolute atomic E-state index is 11.6. The van der Waals surface area contributed by atoms with Gasteiger partial charge < -0.3 is 15.1 Å². The average Bonchev–Trinajstić information content (AvgIpc) is 3.21. The lowest BCUT2D eigenvalue weighted by atomic mass is 9.62. The van der Waals surface area contributed by atoms with E-state index in [0.29, 0.717) is 35.9 Å². The second-order valence-electron chi connectivity index (χ2n) is 11.1. The molecule has 0 radical (unpaired) electrons. The minimum Gasteiger partial charge on any atom is -0.392 e. The van der Waals surface area contributed by atoms with E-state index < -0.39 is 10.1 Å². The van der Waals surface area contributed by atoms with Crippen molar-refractivity contribution >= 4 is 15.8 Å². The Labute approximate surface area is 207 Å². The van der Waals surface area contributed by atoms with Gasteiger partial charge in [0.2, 0.25) is 0 Å². The van der Waals surface area contributed by atoms with Crippen molar-refractivity contribution in [1.82, 2.24) is 4.90 Å². The molecule has 0 amide bonds. The third-order valence-corrected chi connectivity index (χ3v) is 10.6. The first-order valence-corrected chi connectivity index (χ1v) is 14.0. The van der Waals surface area contributed by atoms with Crippen molar-refractivity contribution in [1.29, 1.82) is 0 Å². The Morgan fingerprint density at radius 2 is 1.74 bits per heavy atom. The predicted molar refractivity (Wildman–Crippen MR) is 133 cm³/mol. The molecule has 5 fully saturated rings. The summed E-state index contributed by atoms with van der Waals surface area (Å²) in [5.74, 6) is 1.14. The number of aliphatic hydroxyl groups is 2. The van der Waals surface area contributed by atoms with Gasteiger partial charge in [0, 0.05) is 42.1 Å². The van der Waals surface area contributed by atoms with E-state index in [9.17, 15) is 18.6 Å². The van der Waals surface area contributed by atoms with Crippen LogP contribution in [0.15, 0.2) is 53.4 Å². The van der Waals surface area contributed by atoms with Crippen molar-refractivity contribution in [3.63, 3.8) is 0 Å². The standard InChI is InChI=1S/C20H26N2O2.C7H8O3S/c1-3-10-11-8-14-17-20(12-6-4-5-7-13(12)21(17)2)9-15(16(11)18(20)23)22(14)19(10)24;1-6-2-4-7(5-3-6)11(8,9)10/h4-7,10-11,14-19,23-24H,3,8-9H2,1-2H3;2-5H,1H3,(H,8,9,10)/t10-,11?,14-,15-,16?,17-,18?,19+,20?;/m0./s1. The molecular weight excluding hydrogens is 464 g/mol. The van der Waals surface area contributed by atoms with Crippen LogP contribution < -0.4 is 4.90 Å². The van der Waals surface area contributed by atoms with Crippen LogP contribution in [-0.4, -0.2) is 65.6 Å². The zero-order chi connectivity index (χ0) is 24.9. The molecule has 6 aliphatic rings. The molecule has 10 atom stereocenters. The van der Waals surface area contributed by atoms with Crippen LogP contribution in [0.25, 0.3) is 0 Å². The first kappa shape index (κ1) is 23.4. The van der Waals surface area contributed by atoms with Gasteiger partial charge in [-0.05, 0) is 55.9 Å². The summed E-state index contributed by atoms with van der Waals surface area (Å²) in [4.78, 5) is 4.76. The molecule has 35 heavy (non-hydrogen) atoms. The maximum atomic E-state index is 11.6. The van der Waals surface area contributed by atoms with Crippen molar-refractivity contribution in [2.45, 2.75) is 73.9 Å². The summed E-state index contributed by atoms with van der Waals surface area (Å²) in [6, 6.07) is 15.7. The van der Waals surface area contributed by atoms with E-state index >= 15 is 0 Å². The number of benzene rings is 2. The van der Waals surface area contributed by atoms with Crippen molar-refractivity contribution in [2.24, 2.45) is 17.8 Å². The molecule has 1 saturated carbocycles. The van der Waals surface area contributed by atoms with Crippen LogP contribution in [0, 0.1) is 24.7 Å². The Balaban J connectivity index is 0.000000177. The molecule has 5 heterocycles. The van der Waals surface area contributed by atoms with Crippen molar-refractivity contribution in [3.05, 3.63) is 59.7 Å². The Kier molecular flexibility index (Phi) is 5.20. The number of fused-ring (bicyclic) bond motifs is 2. The minimum absolute atomic E-state index is 0.0666. The number of aliphatic hydroxyl groups excluding tert-OH is 2. The van der Waals surface area contributed by atoms with Gasteiger partial charge in [0.05, 0.1) is 17.0 Å². The van der Waals surface area contributed by atoms with E-state index in [-0.39, 0.29) is 22.6 Å². The molecule has 2 aromatic carbocycles. The molecule has 188 valence electrons. The first-order valence-electron chi connectivity index (χ1n) is 12.6. The van der Waals surface area contributed by atoms with E-state index in [1.54, 1.807) is 12.1 Å². The molecule has 2 aromatic rings. The first-order chi connectivity index (χ1) is 16.6. The number of anilines is 1. The van der Waals surface area contributed by atoms with E-state index in [1.807, 2.05) is 6.92 Å². The van der Waals surface area contributed by atoms with Gasteiger partial charge in [-0.2, -0.15) is 8.42 Å². The van der Waals surface area contributed by atoms with Crippen LogP contribution in [0.3, 0.4) is 0 Å². The number of piperidine rings is 4. The highest BCUT2D eigenvalue weighted by atomic mass is 32.2. The average molecular weight is 499 g/mol. The highest BCUT2D eigenvalue weighted by Gasteiger charge is 2.76. The zero-order valence-corrected chi connectivity index (χ0v) is 21.1. The van der Waals surface area contributed by atoms with E-state index in [0.717, 1.165) is 24.8 Å². The summed E-state index contributed by atoms with van der Waals surface area (Å²) < 4.78 is 29.6. The molecule has 1 aliphatic carbocycles. The molecule has 7 nitrogen and oxygen atoms in total. The second kappa shape index (κ2) is 7.76. The quantitative estimate of drug-likeness (QED) is 0.548. The Morgan fingerprint density at radius 1 is 1.06 bits per heavy atom. The number of hydrogen-bond acceptors (Lipinski definition) is 6. The van der Waals surface area contributed by atoms with Crippen LogP contribution in [0.2, 0.25) is 0 Å². The Morgan fingerprint density at radius 3 is 2.40 bits per heavy atom. The largest absolute Gasteiger partial charge is 0.392 e. The van der Waals surface area contributed by atoms with Gasteiger partial charge in [0.15, 0.2) is 0 Å². The smallest absolute Gasteiger partial charge is 0.294 e. The maximum Gasteiger partial charge on any atom is 0.294 e. The van der Waals surface area contributed by atoms with Crippen LogP contribution >= 0.6 is 0 Å². The summed E-state index contributed by atoms with van der Waals surface area (Å²) in [5.41, 5.74) is 3.47. The summed E-state index contributed by atoms with van der Waals surface area (Å²) >= 11 is 0. The van der Waals surface area contributed by atoms with Crippen LogP contribution in [0.5, 0.6) is 0 Å². The Hall–Kier alpha value is -1.97. The number of rotatable bonds is 2. The molecular formula is C27H34N2O5S. The van der Waals surface area contributed by atoms with Gasteiger partial charge in [-0.3, -0.25) is 9.45 Å². The SMILES string of the molecule is CC[C@H]1C2C[C@H]3[C@@H]4N(C)c5ccccc5C45C[C@@H](C2C5O)N3[C@@H]1O.Cc1ccc(S(=O)(=O)O)cc1. The summed E-state index contributed by atoms with van der Waals surface area (Å²) in [6.07, 6.45) is 2.56. The highest BCUT2D eigenvalue weighted by molar-refractivity contribution is 7.85. The molecule has 5 aliphatic heterocycles. The molecule has 3 N–H and O–H groups in total. The topological polar surface area (TPSA) is 101 Å². The van der Waals surface area contributed by atoms with E-state index in [4.69, 9.17) is 4.55 Å². The molecule has 5 unspecified atom stereocenters. The van der Waals surface area contributed by atoms with Gasteiger partial charge in [-0.25, -0.2) is 0 Å². The third-order valence-electron chi connectivity index (χ3n) is 9.78. The zero-order valence-electron chi connectivity index (χ0n) is 20.3. The minimum atomic E-state index is -4.02. The number of nitrogens with zero attached hydrogens (tertiary/aromatic N) is 2. The van der Waals surface area contributed by atoms with Gasteiger partial charge in [0.1, 0.15) is 6.23 Å². The molecule has 4 saturated heterocycles. The van der Waals surface area contributed by atoms with Crippen molar-refractivity contribution in [2.75, 3.05) is 11.9 Å². The summed E-state index contributed by atoms with van der Waals surface area (Å²) in [6.45, 7) is 4.03. The van der Waals surface area contributed by atoms with E-state index in [2.05, 4.69) is 48.0 Å². The van der Waals surface area contributed by atoms with Crippen molar-refractivity contribution < 1.29 is 23.2 Å². The normalized spacial score (nSPS) is 41.9. The monoisotopic (exact) mass is 498 g/mol. The molecule has 0 aromatic heterocycles. The summed E-state index contributed by atoms with van der Waals surface area (Å²) in [5, 5.41) is 22.6. The fourth-order valence-corrected chi connectivity index (χ4v) is 9.07. The Bertz CT molecular complexity index is 1250. The third kappa shape index (κ3) is 3.01. The van der Waals surface area contributed by atoms with Gasteiger partial charge in [-0.1, -0.05) is 42.8 Å². The van der Waals surface area contributed by atoms with E-state index in [1.165, 1.54) is 23.4 Å². The molecule has 1 spiro atoms. The number of likely N-dealkylation sites (N-methyl/N-ethyl adjacent to an activating group) is 1. The predicted octanol–water partition coefficient (Wildman–Crippen LogP) is 2.80. The highest BCUT2D eigenvalue weighted by Crippen LogP contribution is 2.68. The lowest BCUT2D eigenvalue weighted by Gasteiger charge is -2.62. The fraction of sp³-hybridized carbons (Fsp3) is 0.556. The van der Waals surface area contributed by atoms with Crippen LogP contribution in [0.4, 0.5) is 5.69 Å². The van der Waals surface area contributed by atoms with Gasteiger partial charge in [-0.15, -0.1) is 0 Å². The van der Waals surface area contributed by atoms with Crippen molar-refractivity contribution in [3.8, 4) is 0 Å². The fourth-order valence-electron chi connectivity index (χ4n) is 8.59. The van der Waals surface area contributed by atoms with Gasteiger partial charge >= 0.3 is 0 Å². The van der Waals surface area contributed by atoms with Crippen LogP contribution in [0.1, 0.15) is 37.3 Å². The molecule has 8 heteroatoms. The number of aryl methyl sites for hydroxylation is 1. The molecule has 5 bridgehead atoms. The molecule has 8 rings (SSSR count). The lowest BCUT2D eigenvalue weighted by Crippen LogP contribution is -2.72. The van der Waals surface area contributed by atoms with Crippen LogP contribution in [-0.2, 0) is 15.5 Å². The number of hydrogen-bond donors (Lipinski definition) is 3. The second-order valence-corrected chi connectivity index (χ2v) is 12.5. The van der Waals surface area contributed by atoms with Gasteiger partial charge in [0.25, 0.3) is 10.1 Å².